The van der Waals surface area contributed by atoms with Crippen molar-refractivity contribution >= 4 is 27.8 Å². The van der Waals surface area contributed by atoms with Gasteiger partial charge >= 0.3 is 0 Å². The molecule has 0 saturated carbocycles. The maximum atomic E-state index is 11.0. The number of rotatable bonds is 3. The van der Waals surface area contributed by atoms with E-state index in [0.29, 0.717) is 0 Å². The molecule has 0 amide bonds. The van der Waals surface area contributed by atoms with E-state index in [-0.39, 0.29) is 10.6 Å². The second-order valence-corrected chi connectivity index (χ2v) is 5.29. The minimum absolute atomic E-state index is 0.104. The molecule has 0 spiro atoms. The second-order valence-electron chi connectivity index (χ2n) is 5.29. The molecule has 4 heteroatoms. The first-order valence-corrected chi connectivity index (χ1v) is 7.04. The number of hydrogen-bond donors (Lipinski definition) is 0. The van der Waals surface area contributed by atoms with Gasteiger partial charge in [0.25, 0.3) is 5.69 Å². The molecule has 0 aliphatic rings. The van der Waals surface area contributed by atoms with Gasteiger partial charge in [0.1, 0.15) is 0 Å². The Kier molecular flexibility index (Phi) is 3.51. The van der Waals surface area contributed by atoms with Gasteiger partial charge in [0.15, 0.2) is 0 Å². The molecule has 0 saturated heterocycles. The highest BCUT2D eigenvalue weighted by Crippen LogP contribution is 2.34. The van der Waals surface area contributed by atoms with Crippen LogP contribution in [-0.2, 0) is 0 Å². The summed E-state index contributed by atoms with van der Waals surface area (Å²) in [6.07, 6.45) is 0. The van der Waals surface area contributed by atoms with Crippen LogP contribution in [0.4, 0.5) is 17.1 Å². The standard InChI is InChI=1S/C18H16N2O2/c1-13-10-11-15(20(21)22)12-18(13)19(2)17-9-5-7-14-6-3-4-8-16(14)17/h3-12H,1-2H3. The predicted octanol–water partition coefficient (Wildman–Crippen LogP) is 4.82. The fourth-order valence-electron chi connectivity index (χ4n) is 2.70. The summed E-state index contributed by atoms with van der Waals surface area (Å²) in [6, 6.07) is 19.2. The van der Waals surface area contributed by atoms with E-state index >= 15 is 0 Å². The maximum absolute atomic E-state index is 11.0. The summed E-state index contributed by atoms with van der Waals surface area (Å²) in [5.41, 5.74) is 2.97. The van der Waals surface area contributed by atoms with Crippen LogP contribution in [0.1, 0.15) is 5.56 Å². The van der Waals surface area contributed by atoms with Crippen molar-refractivity contribution in [1.82, 2.24) is 0 Å². The van der Waals surface area contributed by atoms with Gasteiger partial charge in [0, 0.05) is 30.3 Å². The van der Waals surface area contributed by atoms with Crippen molar-refractivity contribution in [3.05, 3.63) is 76.3 Å². The second kappa shape index (κ2) is 5.48. The van der Waals surface area contributed by atoms with Crippen molar-refractivity contribution in [2.75, 3.05) is 11.9 Å². The van der Waals surface area contributed by atoms with Crippen LogP contribution in [0.2, 0.25) is 0 Å². The first-order chi connectivity index (χ1) is 10.6. The molecule has 0 bridgehead atoms. The molecule has 3 aromatic rings. The van der Waals surface area contributed by atoms with Crippen LogP contribution >= 0.6 is 0 Å². The monoisotopic (exact) mass is 292 g/mol. The van der Waals surface area contributed by atoms with E-state index in [1.807, 2.05) is 43.1 Å². The zero-order valence-electron chi connectivity index (χ0n) is 12.5. The number of anilines is 2. The molecule has 3 aromatic carbocycles. The Morgan fingerprint density at radius 3 is 2.45 bits per heavy atom. The third-order valence-corrected chi connectivity index (χ3v) is 3.89. The smallest absolute Gasteiger partial charge is 0.271 e. The lowest BCUT2D eigenvalue weighted by Gasteiger charge is -2.23. The molecule has 22 heavy (non-hydrogen) atoms. The largest absolute Gasteiger partial charge is 0.344 e. The van der Waals surface area contributed by atoms with E-state index in [1.54, 1.807) is 12.1 Å². The lowest BCUT2D eigenvalue weighted by Crippen LogP contribution is -2.11. The molecule has 4 nitrogen and oxygen atoms in total. The molecule has 0 radical (unpaired) electrons. The van der Waals surface area contributed by atoms with Crippen LogP contribution in [-0.4, -0.2) is 12.0 Å². The normalized spacial score (nSPS) is 10.6. The zero-order chi connectivity index (χ0) is 15.7. The molecule has 0 heterocycles. The predicted molar refractivity (Wildman–Crippen MR) is 89.8 cm³/mol. The summed E-state index contributed by atoms with van der Waals surface area (Å²) in [5.74, 6) is 0. The van der Waals surface area contributed by atoms with Crippen molar-refractivity contribution in [3.63, 3.8) is 0 Å². The van der Waals surface area contributed by atoms with Gasteiger partial charge in [0.05, 0.1) is 10.6 Å². The van der Waals surface area contributed by atoms with Crippen LogP contribution < -0.4 is 4.90 Å². The number of nitro groups is 1. The number of fused-ring (bicyclic) bond motifs is 1. The van der Waals surface area contributed by atoms with E-state index in [4.69, 9.17) is 0 Å². The average Bonchev–Trinajstić information content (AvgIpc) is 2.54. The summed E-state index contributed by atoms with van der Waals surface area (Å²) in [5, 5.41) is 13.3. The van der Waals surface area contributed by atoms with Gasteiger partial charge < -0.3 is 4.90 Å². The number of hydrogen-bond acceptors (Lipinski definition) is 3. The lowest BCUT2D eigenvalue weighted by atomic mass is 10.1. The molecular formula is C18H16N2O2. The number of nitrogens with zero attached hydrogens (tertiary/aromatic N) is 2. The van der Waals surface area contributed by atoms with Crippen molar-refractivity contribution in [2.24, 2.45) is 0 Å². The summed E-state index contributed by atoms with van der Waals surface area (Å²) >= 11 is 0. The first-order valence-electron chi connectivity index (χ1n) is 7.04. The van der Waals surface area contributed by atoms with Crippen LogP contribution in [0, 0.1) is 17.0 Å². The van der Waals surface area contributed by atoms with E-state index in [2.05, 4.69) is 18.2 Å². The van der Waals surface area contributed by atoms with Gasteiger partial charge in [-0.05, 0) is 23.9 Å². The topological polar surface area (TPSA) is 46.4 Å². The SMILES string of the molecule is Cc1ccc([N+](=O)[O-])cc1N(C)c1cccc2ccccc12. The molecule has 0 aromatic heterocycles. The lowest BCUT2D eigenvalue weighted by molar-refractivity contribution is -0.384. The Bertz CT molecular complexity index is 853. The molecule has 3 rings (SSSR count). The van der Waals surface area contributed by atoms with Crippen LogP contribution in [0.15, 0.2) is 60.7 Å². The number of non-ortho nitro benzene ring substituents is 1. The molecule has 0 N–H and O–H groups in total. The van der Waals surface area contributed by atoms with Crippen LogP contribution in [0.3, 0.4) is 0 Å². The van der Waals surface area contributed by atoms with Gasteiger partial charge in [-0.2, -0.15) is 0 Å². The number of nitro benzene ring substituents is 1. The van der Waals surface area contributed by atoms with E-state index in [1.165, 1.54) is 6.07 Å². The van der Waals surface area contributed by atoms with Crippen molar-refractivity contribution < 1.29 is 4.92 Å². The highest BCUT2D eigenvalue weighted by molar-refractivity contribution is 5.96. The molecule has 0 aliphatic heterocycles. The Balaban J connectivity index is 2.16. The van der Waals surface area contributed by atoms with Crippen molar-refractivity contribution in [2.45, 2.75) is 6.92 Å². The summed E-state index contributed by atoms with van der Waals surface area (Å²) in [6.45, 7) is 1.96. The third-order valence-electron chi connectivity index (χ3n) is 3.89. The number of aryl methyl sites for hydroxylation is 1. The molecule has 0 fully saturated rings. The van der Waals surface area contributed by atoms with E-state index in [0.717, 1.165) is 27.7 Å². The molecule has 0 atom stereocenters. The molecule has 0 aliphatic carbocycles. The molecular weight excluding hydrogens is 276 g/mol. The highest BCUT2D eigenvalue weighted by Gasteiger charge is 2.14. The molecule has 0 unspecified atom stereocenters. The Labute approximate surface area is 128 Å². The highest BCUT2D eigenvalue weighted by atomic mass is 16.6. The fraction of sp³-hybridized carbons (Fsp3) is 0.111. The third kappa shape index (κ3) is 2.39. The van der Waals surface area contributed by atoms with Gasteiger partial charge in [-0.15, -0.1) is 0 Å². The van der Waals surface area contributed by atoms with E-state index < -0.39 is 0 Å². The first kappa shape index (κ1) is 14.1. The summed E-state index contributed by atoms with van der Waals surface area (Å²) < 4.78 is 0. The minimum atomic E-state index is -0.361. The van der Waals surface area contributed by atoms with Gasteiger partial charge in [-0.1, -0.05) is 42.5 Å². The summed E-state index contributed by atoms with van der Waals surface area (Å²) in [7, 11) is 1.94. The average molecular weight is 292 g/mol. The van der Waals surface area contributed by atoms with Crippen LogP contribution in [0.5, 0.6) is 0 Å². The van der Waals surface area contributed by atoms with Gasteiger partial charge in [-0.3, -0.25) is 10.1 Å². The number of benzene rings is 3. The fourth-order valence-corrected chi connectivity index (χ4v) is 2.70. The van der Waals surface area contributed by atoms with Gasteiger partial charge in [0.2, 0.25) is 0 Å². The minimum Gasteiger partial charge on any atom is -0.344 e. The van der Waals surface area contributed by atoms with Crippen molar-refractivity contribution in [1.29, 1.82) is 0 Å². The van der Waals surface area contributed by atoms with Gasteiger partial charge in [-0.25, -0.2) is 0 Å². The Morgan fingerprint density at radius 2 is 1.68 bits per heavy atom. The van der Waals surface area contributed by atoms with E-state index in [9.17, 15) is 10.1 Å². The zero-order valence-corrected chi connectivity index (χ0v) is 12.5. The van der Waals surface area contributed by atoms with Crippen LogP contribution in [0.25, 0.3) is 10.8 Å². The molecule has 110 valence electrons. The summed E-state index contributed by atoms with van der Waals surface area (Å²) in [4.78, 5) is 12.7. The Hall–Kier alpha value is -2.88. The van der Waals surface area contributed by atoms with Crippen molar-refractivity contribution in [3.8, 4) is 0 Å². The maximum Gasteiger partial charge on any atom is 0.271 e. The quantitative estimate of drug-likeness (QED) is 0.513. The Morgan fingerprint density at radius 1 is 0.955 bits per heavy atom.